The maximum atomic E-state index is 11.7. The molecule has 0 heterocycles. The number of hydrogen-bond acceptors (Lipinski definition) is 4. The Morgan fingerprint density at radius 1 is 0.731 bits per heavy atom. The van der Waals surface area contributed by atoms with Crippen LogP contribution in [0.4, 0.5) is 0 Å². The van der Waals surface area contributed by atoms with Gasteiger partial charge in [0.05, 0.1) is 6.61 Å². The Bertz CT molecular complexity index is 352. The highest BCUT2D eigenvalue weighted by atomic mass is 16.6. The molecule has 0 amide bonds. The monoisotopic (exact) mass is 370 g/mol. The van der Waals surface area contributed by atoms with Gasteiger partial charge in [-0.15, -0.1) is 0 Å². The summed E-state index contributed by atoms with van der Waals surface area (Å²) >= 11 is 0. The fourth-order valence-corrected chi connectivity index (χ4v) is 3.02. The largest absolute Gasteiger partial charge is 0.465 e. The van der Waals surface area contributed by atoms with Crippen LogP contribution in [0.3, 0.4) is 0 Å². The molecular weight excluding hydrogens is 328 g/mol. The molecule has 0 aliphatic carbocycles. The molecule has 0 rings (SSSR count). The Morgan fingerprint density at radius 3 is 1.69 bits per heavy atom. The van der Waals surface area contributed by atoms with Gasteiger partial charge in [0, 0.05) is 0 Å². The van der Waals surface area contributed by atoms with Crippen molar-refractivity contribution in [3.05, 3.63) is 0 Å². The average Bonchev–Trinajstić information content (AvgIpc) is 2.60. The SMILES string of the molecule is CCCCCCCCCCCCCOC(=O)CC(=O)OC(CC)C(C)C. The molecule has 0 fully saturated rings. The van der Waals surface area contributed by atoms with E-state index in [1.807, 2.05) is 20.8 Å². The van der Waals surface area contributed by atoms with Crippen LogP contribution in [0, 0.1) is 5.92 Å². The molecule has 0 aromatic heterocycles. The van der Waals surface area contributed by atoms with Gasteiger partial charge in [0.15, 0.2) is 0 Å². The van der Waals surface area contributed by atoms with Crippen molar-refractivity contribution in [3.63, 3.8) is 0 Å². The summed E-state index contributed by atoms with van der Waals surface area (Å²) in [5, 5.41) is 0. The molecule has 0 radical (unpaired) electrons. The fraction of sp³-hybridized carbons (Fsp3) is 0.909. The Hall–Kier alpha value is -1.06. The number of esters is 2. The van der Waals surface area contributed by atoms with Crippen molar-refractivity contribution >= 4 is 11.9 Å². The van der Waals surface area contributed by atoms with E-state index in [9.17, 15) is 9.59 Å². The van der Waals surface area contributed by atoms with Gasteiger partial charge >= 0.3 is 11.9 Å². The average molecular weight is 371 g/mol. The molecule has 0 bridgehead atoms. The van der Waals surface area contributed by atoms with Gasteiger partial charge in [-0.25, -0.2) is 0 Å². The third-order valence-electron chi connectivity index (χ3n) is 4.73. The van der Waals surface area contributed by atoms with Crippen molar-refractivity contribution in [3.8, 4) is 0 Å². The molecule has 0 aromatic carbocycles. The molecule has 0 N–H and O–H groups in total. The Morgan fingerprint density at radius 2 is 1.23 bits per heavy atom. The summed E-state index contributed by atoms with van der Waals surface area (Å²) < 4.78 is 10.4. The van der Waals surface area contributed by atoms with Gasteiger partial charge in [-0.05, 0) is 18.8 Å². The predicted octanol–water partition coefficient (Wildman–Crippen LogP) is 6.21. The van der Waals surface area contributed by atoms with Crippen LogP contribution in [0.15, 0.2) is 0 Å². The van der Waals surface area contributed by atoms with E-state index < -0.39 is 11.9 Å². The van der Waals surface area contributed by atoms with Crippen molar-refractivity contribution in [2.45, 2.75) is 117 Å². The van der Waals surface area contributed by atoms with E-state index in [1.165, 1.54) is 57.8 Å². The third kappa shape index (κ3) is 15.2. The number of carbonyl (C=O) groups is 2. The molecule has 0 aromatic rings. The van der Waals surface area contributed by atoms with Gasteiger partial charge < -0.3 is 9.47 Å². The fourth-order valence-electron chi connectivity index (χ4n) is 3.02. The molecule has 0 aliphatic heterocycles. The van der Waals surface area contributed by atoms with Crippen molar-refractivity contribution in [1.29, 1.82) is 0 Å². The topological polar surface area (TPSA) is 52.6 Å². The summed E-state index contributed by atoms with van der Waals surface area (Å²) in [6.45, 7) is 8.64. The summed E-state index contributed by atoms with van der Waals surface area (Å²) in [5.41, 5.74) is 0. The Balaban J connectivity index is 3.47. The third-order valence-corrected chi connectivity index (χ3v) is 4.73. The van der Waals surface area contributed by atoms with Crippen molar-refractivity contribution in [2.75, 3.05) is 6.61 Å². The van der Waals surface area contributed by atoms with E-state index in [4.69, 9.17) is 9.47 Å². The predicted molar refractivity (Wildman–Crippen MR) is 107 cm³/mol. The molecule has 154 valence electrons. The van der Waals surface area contributed by atoms with E-state index in [0.717, 1.165) is 19.3 Å². The zero-order chi connectivity index (χ0) is 19.6. The summed E-state index contributed by atoms with van der Waals surface area (Å²) in [5.74, 6) is -0.688. The molecule has 26 heavy (non-hydrogen) atoms. The number of rotatable bonds is 17. The zero-order valence-corrected chi connectivity index (χ0v) is 17.7. The molecule has 0 saturated heterocycles. The van der Waals surface area contributed by atoms with E-state index in [0.29, 0.717) is 6.61 Å². The van der Waals surface area contributed by atoms with Gasteiger partial charge in [-0.3, -0.25) is 9.59 Å². The zero-order valence-electron chi connectivity index (χ0n) is 17.7. The quantitative estimate of drug-likeness (QED) is 0.173. The highest BCUT2D eigenvalue weighted by Gasteiger charge is 2.19. The van der Waals surface area contributed by atoms with Crippen LogP contribution >= 0.6 is 0 Å². The lowest BCUT2D eigenvalue weighted by Gasteiger charge is -2.19. The van der Waals surface area contributed by atoms with E-state index in [2.05, 4.69) is 6.92 Å². The van der Waals surface area contributed by atoms with Crippen LogP contribution in [0.25, 0.3) is 0 Å². The number of carbonyl (C=O) groups excluding carboxylic acids is 2. The second-order valence-corrected chi connectivity index (χ2v) is 7.61. The Kier molecular flexibility index (Phi) is 16.7. The van der Waals surface area contributed by atoms with Crippen molar-refractivity contribution in [1.82, 2.24) is 0 Å². The minimum atomic E-state index is -0.477. The summed E-state index contributed by atoms with van der Waals surface area (Å²) in [6.07, 6.45) is 14.2. The van der Waals surface area contributed by atoms with Crippen molar-refractivity contribution < 1.29 is 19.1 Å². The van der Waals surface area contributed by atoms with Gasteiger partial charge in [-0.1, -0.05) is 91.9 Å². The summed E-state index contributed by atoms with van der Waals surface area (Å²) in [7, 11) is 0. The Labute approximate surface area is 161 Å². The molecule has 1 atom stereocenters. The molecule has 1 unspecified atom stereocenters. The minimum Gasteiger partial charge on any atom is -0.465 e. The molecule has 4 nitrogen and oxygen atoms in total. The van der Waals surface area contributed by atoms with Gasteiger partial charge in [-0.2, -0.15) is 0 Å². The van der Waals surface area contributed by atoms with Crippen LogP contribution in [0.5, 0.6) is 0 Å². The molecule has 4 heteroatoms. The van der Waals surface area contributed by atoms with Crippen molar-refractivity contribution in [2.24, 2.45) is 5.92 Å². The number of hydrogen-bond donors (Lipinski definition) is 0. The highest BCUT2D eigenvalue weighted by Crippen LogP contribution is 2.12. The first kappa shape index (κ1) is 24.9. The van der Waals surface area contributed by atoms with Crippen LogP contribution in [0.2, 0.25) is 0 Å². The summed E-state index contributed by atoms with van der Waals surface area (Å²) in [4.78, 5) is 23.4. The first-order chi connectivity index (χ1) is 12.5. The number of ether oxygens (including phenoxy) is 2. The second kappa shape index (κ2) is 17.4. The van der Waals surface area contributed by atoms with Crippen LogP contribution in [0.1, 0.15) is 111 Å². The maximum Gasteiger partial charge on any atom is 0.317 e. The maximum absolute atomic E-state index is 11.7. The van der Waals surface area contributed by atoms with Crippen LogP contribution in [-0.2, 0) is 19.1 Å². The first-order valence-electron chi connectivity index (χ1n) is 10.9. The highest BCUT2D eigenvalue weighted by molar-refractivity contribution is 5.91. The van der Waals surface area contributed by atoms with Gasteiger partial charge in [0.25, 0.3) is 0 Å². The molecule has 0 saturated carbocycles. The normalized spacial score (nSPS) is 12.2. The lowest BCUT2D eigenvalue weighted by atomic mass is 10.1. The second-order valence-electron chi connectivity index (χ2n) is 7.61. The lowest BCUT2D eigenvalue weighted by Crippen LogP contribution is -2.24. The van der Waals surface area contributed by atoms with E-state index in [-0.39, 0.29) is 18.4 Å². The van der Waals surface area contributed by atoms with Gasteiger partial charge in [0.2, 0.25) is 0 Å². The molecular formula is C22H42O4. The summed E-state index contributed by atoms with van der Waals surface area (Å²) in [6, 6.07) is 0. The molecule has 0 aliphatic rings. The van der Waals surface area contributed by atoms with Crippen LogP contribution in [-0.4, -0.2) is 24.6 Å². The minimum absolute atomic E-state index is 0.123. The standard InChI is InChI=1S/C22H42O4/c1-5-7-8-9-10-11-12-13-14-15-16-17-25-21(23)18-22(24)26-20(6-2)19(3)4/h19-20H,5-18H2,1-4H3. The van der Waals surface area contributed by atoms with E-state index in [1.54, 1.807) is 0 Å². The lowest BCUT2D eigenvalue weighted by molar-refractivity contribution is -0.159. The van der Waals surface area contributed by atoms with Gasteiger partial charge in [0.1, 0.15) is 12.5 Å². The molecule has 0 spiro atoms. The van der Waals surface area contributed by atoms with Crippen LogP contribution < -0.4 is 0 Å². The number of unbranched alkanes of at least 4 members (excludes halogenated alkanes) is 10. The smallest absolute Gasteiger partial charge is 0.317 e. The van der Waals surface area contributed by atoms with E-state index >= 15 is 0 Å². The first-order valence-corrected chi connectivity index (χ1v) is 10.9.